The molecule has 7 heteroatoms. The normalized spacial score (nSPS) is 13.9. The van der Waals surface area contributed by atoms with Crippen molar-refractivity contribution in [1.82, 2.24) is 10.2 Å². The number of nitrogens with zero attached hydrogens (tertiary/aromatic N) is 2. The number of nitrogens with one attached hydrogen (secondary N) is 1. The zero-order chi connectivity index (χ0) is 22.1. The van der Waals surface area contributed by atoms with E-state index in [0.717, 1.165) is 35.8 Å². The van der Waals surface area contributed by atoms with Crippen molar-refractivity contribution in [2.75, 3.05) is 51.8 Å². The minimum absolute atomic E-state index is 0.0637. The molecule has 1 aliphatic rings. The van der Waals surface area contributed by atoms with Crippen molar-refractivity contribution in [3.63, 3.8) is 0 Å². The number of ether oxygens (including phenoxy) is 2. The average Bonchev–Trinajstić information content (AvgIpc) is 2.83. The van der Waals surface area contributed by atoms with Crippen molar-refractivity contribution in [3.8, 4) is 11.5 Å². The molecule has 2 aromatic carbocycles. The van der Waals surface area contributed by atoms with Crippen molar-refractivity contribution >= 4 is 23.6 Å². The van der Waals surface area contributed by atoms with E-state index < -0.39 is 0 Å². The molecule has 1 heterocycles. The van der Waals surface area contributed by atoms with Crippen LogP contribution in [-0.2, 0) is 9.59 Å². The highest BCUT2D eigenvalue weighted by Gasteiger charge is 2.21. The summed E-state index contributed by atoms with van der Waals surface area (Å²) in [7, 11) is 3.26. The second-order valence-corrected chi connectivity index (χ2v) is 7.21. The molecule has 1 aliphatic heterocycles. The molecule has 0 unspecified atom stereocenters. The first-order valence-electron chi connectivity index (χ1n) is 10.4. The number of hydrogen-bond donors (Lipinski definition) is 1. The lowest BCUT2D eigenvalue weighted by Gasteiger charge is -2.36. The van der Waals surface area contributed by atoms with Crippen LogP contribution < -0.4 is 19.7 Å². The number of hydrogen-bond acceptors (Lipinski definition) is 5. The van der Waals surface area contributed by atoms with Crippen molar-refractivity contribution in [2.45, 2.75) is 6.42 Å². The van der Waals surface area contributed by atoms with Gasteiger partial charge in [-0.1, -0.05) is 12.1 Å². The average molecular weight is 424 g/mol. The number of amides is 2. The maximum Gasteiger partial charge on any atom is 0.244 e. The summed E-state index contributed by atoms with van der Waals surface area (Å²) in [5.41, 5.74) is 2.03. The summed E-state index contributed by atoms with van der Waals surface area (Å²) in [5.74, 6) is 1.45. The predicted molar refractivity (Wildman–Crippen MR) is 121 cm³/mol. The molecule has 164 valence electrons. The number of rotatable bonds is 8. The molecular weight excluding hydrogens is 394 g/mol. The van der Waals surface area contributed by atoms with E-state index in [9.17, 15) is 9.59 Å². The summed E-state index contributed by atoms with van der Waals surface area (Å²) in [6, 6.07) is 15.4. The van der Waals surface area contributed by atoms with Crippen LogP contribution in [0.25, 0.3) is 6.08 Å². The van der Waals surface area contributed by atoms with Gasteiger partial charge in [-0.05, 0) is 48.0 Å². The molecule has 0 bridgehead atoms. The molecule has 0 saturated carbocycles. The molecule has 1 saturated heterocycles. The maximum absolute atomic E-state index is 12.5. The molecular formula is C24H29N3O4. The van der Waals surface area contributed by atoms with E-state index >= 15 is 0 Å². The molecule has 2 amide bonds. The Morgan fingerprint density at radius 3 is 2.06 bits per heavy atom. The summed E-state index contributed by atoms with van der Waals surface area (Å²) >= 11 is 0. The third kappa shape index (κ3) is 6.50. The van der Waals surface area contributed by atoms with Gasteiger partial charge >= 0.3 is 0 Å². The Morgan fingerprint density at radius 2 is 1.48 bits per heavy atom. The summed E-state index contributed by atoms with van der Waals surface area (Å²) in [6.45, 7) is 3.25. The quantitative estimate of drug-likeness (QED) is 0.661. The Labute approximate surface area is 183 Å². The molecule has 0 aromatic heterocycles. The zero-order valence-corrected chi connectivity index (χ0v) is 18.0. The summed E-state index contributed by atoms with van der Waals surface area (Å²) in [4.78, 5) is 28.6. The van der Waals surface area contributed by atoms with E-state index in [-0.39, 0.29) is 11.8 Å². The smallest absolute Gasteiger partial charge is 0.244 e. The van der Waals surface area contributed by atoms with Gasteiger partial charge < -0.3 is 24.6 Å². The first-order chi connectivity index (χ1) is 15.1. The summed E-state index contributed by atoms with van der Waals surface area (Å²) < 4.78 is 10.3. The molecule has 3 rings (SSSR count). The van der Waals surface area contributed by atoms with Gasteiger partial charge in [-0.3, -0.25) is 9.59 Å². The van der Waals surface area contributed by atoms with Crippen molar-refractivity contribution in [1.29, 1.82) is 0 Å². The van der Waals surface area contributed by atoms with E-state index in [2.05, 4.69) is 10.2 Å². The lowest BCUT2D eigenvalue weighted by molar-refractivity contribution is -0.131. The Kier molecular flexibility index (Phi) is 7.92. The second-order valence-electron chi connectivity index (χ2n) is 7.21. The lowest BCUT2D eigenvalue weighted by Crippen LogP contribution is -2.49. The van der Waals surface area contributed by atoms with Gasteiger partial charge in [0.05, 0.1) is 14.2 Å². The van der Waals surface area contributed by atoms with E-state index in [4.69, 9.17) is 9.47 Å². The van der Waals surface area contributed by atoms with Gasteiger partial charge in [-0.2, -0.15) is 0 Å². The van der Waals surface area contributed by atoms with E-state index in [1.807, 2.05) is 53.4 Å². The van der Waals surface area contributed by atoms with Crippen molar-refractivity contribution < 1.29 is 19.1 Å². The van der Waals surface area contributed by atoms with Crippen molar-refractivity contribution in [2.24, 2.45) is 0 Å². The van der Waals surface area contributed by atoms with Crippen LogP contribution in [0.3, 0.4) is 0 Å². The Morgan fingerprint density at radius 1 is 0.903 bits per heavy atom. The SMILES string of the molecule is COc1ccc(/C=C/C(=O)NCCC(=O)N2CCN(c3ccc(OC)cc3)CC2)cc1. The second kappa shape index (κ2) is 11.1. The predicted octanol–water partition coefficient (Wildman–Crippen LogP) is 2.57. The fourth-order valence-electron chi connectivity index (χ4n) is 3.40. The van der Waals surface area contributed by atoms with Gasteiger partial charge in [0.1, 0.15) is 11.5 Å². The van der Waals surface area contributed by atoms with Gasteiger partial charge in [0.15, 0.2) is 0 Å². The van der Waals surface area contributed by atoms with Crippen LogP contribution in [0.4, 0.5) is 5.69 Å². The van der Waals surface area contributed by atoms with Crippen LogP contribution in [0.5, 0.6) is 11.5 Å². The number of carbonyl (C=O) groups is 2. The Hall–Kier alpha value is -3.48. The molecule has 31 heavy (non-hydrogen) atoms. The molecule has 1 fully saturated rings. The highest BCUT2D eigenvalue weighted by atomic mass is 16.5. The Bertz CT molecular complexity index is 886. The zero-order valence-electron chi connectivity index (χ0n) is 18.0. The summed E-state index contributed by atoms with van der Waals surface area (Å²) in [5, 5.41) is 2.77. The highest BCUT2D eigenvalue weighted by molar-refractivity contribution is 5.92. The van der Waals surface area contributed by atoms with Gasteiger partial charge in [0, 0.05) is 50.9 Å². The van der Waals surface area contributed by atoms with Crippen LogP contribution in [0.15, 0.2) is 54.6 Å². The molecule has 1 N–H and O–H groups in total. The third-order valence-electron chi connectivity index (χ3n) is 5.25. The maximum atomic E-state index is 12.5. The molecule has 0 atom stereocenters. The third-order valence-corrected chi connectivity index (χ3v) is 5.25. The topological polar surface area (TPSA) is 71.1 Å². The minimum atomic E-state index is -0.215. The molecule has 0 aliphatic carbocycles. The molecule has 2 aromatic rings. The van der Waals surface area contributed by atoms with Gasteiger partial charge in [-0.25, -0.2) is 0 Å². The van der Waals surface area contributed by atoms with Gasteiger partial charge in [0.25, 0.3) is 0 Å². The molecule has 0 radical (unpaired) electrons. The van der Waals surface area contributed by atoms with Crippen LogP contribution in [0.1, 0.15) is 12.0 Å². The van der Waals surface area contributed by atoms with E-state index in [1.54, 1.807) is 20.3 Å². The number of benzene rings is 2. The number of piperazine rings is 1. The van der Waals surface area contributed by atoms with Gasteiger partial charge in [-0.15, -0.1) is 0 Å². The first kappa shape index (κ1) is 22.2. The van der Waals surface area contributed by atoms with Crippen LogP contribution in [0.2, 0.25) is 0 Å². The van der Waals surface area contributed by atoms with Crippen LogP contribution in [0, 0.1) is 0 Å². The standard InChI is InChI=1S/C24H29N3O4/c1-30-21-8-3-19(4-9-21)5-12-23(28)25-14-13-24(29)27-17-15-26(16-18-27)20-6-10-22(31-2)11-7-20/h3-12H,13-18H2,1-2H3,(H,25,28)/b12-5+. The van der Waals surface area contributed by atoms with E-state index in [1.165, 1.54) is 6.08 Å². The lowest BCUT2D eigenvalue weighted by atomic mass is 10.2. The largest absolute Gasteiger partial charge is 0.497 e. The Balaban J connectivity index is 1.36. The monoisotopic (exact) mass is 423 g/mol. The number of carbonyl (C=O) groups excluding carboxylic acids is 2. The van der Waals surface area contributed by atoms with Gasteiger partial charge in [0.2, 0.25) is 11.8 Å². The molecule has 7 nitrogen and oxygen atoms in total. The van der Waals surface area contributed by atoms with Crippen molar-refractivity contribution in [3.05, 3.63) is 60.2 Å². The van der Waals surface area contributed by atoms with Crippen LogP contribution >= 0.6 is 0 Å². The van der Waals surface area contributed by atoms with Crippen LogP contribution in [-0.4, -0.2) is 63.7 Å². The fraction of sp³-hybridized carbons (Fsp3) is 0.333. The summed E-state index contributed by atoms with van der Waals surface area (Å²) in [6.07, 6.45) is 3.50. The number of methoxy groups -OCH3 is 2. The first-order valence-corrected chi connectivity index (χ1v) is 10.4. The highest BCUT2D eigenvalue weighted by Crippen LogP contribution is 2.20. The van der Waals surface area contributed by atoms with E-state index in [0.29, 0.717) is 26.1 Å². The minimum Gasteiger partial charge on any atom is -0.497 e. The number of anilines is 1. The molecule has 0 spiro atoms. The fourth-order valence-corrected chi connectivity index (χ4v) is 3.40.